The number of benzene rings is 2. The Bertz CT molecular complexity index is 575. The molecule has 0 aliphatic heterocycles. The van der Waals surface area contributed by atoms with Gasteiger partial charge in [0.2, 0.25) is 0 Å². The highest BCUT2D eigenvalue weighted by atomic mass is 15.2. The average Bonchev–Trinajstić information content (AvgIpc) is 2.56. The molecule has 0 heterocycles. The minimum Gasteiger partial charge on any atom is -0.329 e. The molecular weight excluding hydrogens is 280 g/mol. The summed E-state index contributed by atoms with van der Waals surface area (Å²) in [6.45, 7) is 7.37. The van der Waals surface area contributed by atoms with Crippen LogP contribution in [-0.2, 0) is 13.1 Å². The maximum Gasteiger partial charge on any atom is 0.0389 e. The van der Waals surface area contributed by atoms with Crippen LogP contribution in [0.15, 0.2) is 60.7 Å². The van der Waals surface area contributed by atoms with Crippen LogP contribution < -0.4 is 5.73 Å². The highest BCUT2D eigenvalue weighted by Crippen LogP contribution is 2.53. The molecule has 1 saturated carbocycles. The summed E-state index contributed by atoms with van der Waals surface area (Å²) in [5.74, 6) is 0. The van der Waals surface area contributed by atoms with E-state index in [1.807, 2.05) is 0 Å². The van der Waals surface area contributed by atoms with Gasteiger partial charge < -0.3 is 5.73 Å². The van der Waals surface area contributed by atoms with Crippen LogP contribution >= 0.6 is 0 Å². The van der Waals surface area contributed by atoms with Crippen molar-refractivity contribution in [2.45, 2.75) is 45.3 Å². The van der Waals surface area contributed by atoms with E-state index in [2.05, 4.69) is 79.4 Å². The van der Waals surface area contributed by atoms with E-state index in [0.29, 0.717) is 0 Å². The number of nitrogens with zero attached hydrogens (tertiary/aromatic N) is 1. The first-order valence-electron chi connectivity index (χ1n) is 8.60. The van der Waals surface area contributed by atoms with Gasteiger partial charge in [-0.3, -0.25) is 4.90 Å². The average molecular weight is 308 g/mol. The molecule has 2 aromatic carbocycles. The molecule has 3 rings (SSSR count). The predicted octanol–water partition coefficient (Wildman–Crippen LogP) is 4.21. The maximum absolute atomic E-state index is 6.31. The molecule has 2 aromatic rings. The zero-order valence-electron chi connectivity index (χ0n) is 14.3. The molecular formula is C21H28N2. The lowest BCUT2D eigenvalue weighted by Gasteiger charge is -2.61. The molecule has 1 unspecified atom stereocenters. The predicted molar refractivity (Wildman–Crippen MR) is 96.9 cm³/mol. The number of nitrogens with two attached hydrogens (primary N) is 1. The third-order valence-electron chi connectivity index (χ3n) is 5.80. The molecule has 0 radical (unpaired) electrons. The summed E-state index contributed by atoms with van der Waals surface area (Å²) in [5.41, 5.74) is 9.40. The summed E-state index contributed by atoms with van der Waals surface area (Å²) >= 11 is 0. The van der Waals surface area contributed by atoms with E-state index in [1.54, 1.807) is 0 Å². The van der Waals surface area contributed by atoms with Gasteiger partial charge in [-0.1, -0.05) is 74.5 Å². The Balaban J connectivity index is 1.90. The Morgan fingerprint density at radius 2 is 1.30 bits per heavy atom. The number of rotatable bonds is 6. The zero-order chi connectivity index (χ0) is 16.3. The van der Waals surface area contributed by atoms with Crippen LogP contribution in [0.25, 0.3) is 0 Å². The fourth-order valence-electron chi connectivity index (χ4n) is 3.97. The van der Waals surface area contributed by atoms with E-state index in [9.17, 15) is 0 Å². The lowest BCUT2D eigenvalue weighted by molar-refractivity contribution is -0.104. The van der Waals surface area contributed by atoms with Crippen LogP contribution in [0, 0.1) is 5.41 Å². The quantitative estimate of drug-likeness (QED) is 0.866. The summed E-state index contributed by atoms with van der Waals surface area (Å²) in [5, 5.41) is 0. The Hall–Kier alpha value is -1.64. The van der Waals surface area contributed by atoms with Gasteiger partial charge in [0.1, 0.15) is 0 Å². The van der Waals surface area contributed by atoms with Crippen molar-refractivity contribution >= 4 is 0 Å². The monoisotopic (exact) mass is 308 g/mol. The van der Waals surface area contributed by atoms with Gasteiger partial charge in [0.15, 0.2) is 0 Å². The van der Waals surface area contributed by atoms with Crippen molar-refractivity contribution in [3.63, 3.8) is 0 Å². The molecule has 1 atom stereocenters. The lowest BCUT2D eigenvalue weighted by Crippen LogP contribution is -2.67. The Morgan fingerprint density at radius 1 is 0.826 bits per heavy atom. The van der Waals surface area contributed by atoms with Gasteiger partial charge in [0, 0.05) is 25.2 Å². The second-order valence-corrected chi connectivity index (χ2v) is 7.45. The zero-order valence-corrected chi connectivity index (χ0v) is 14.3. The molecule has 0 amide bonds. The molecule has 0 saturated heterocycles. The van der Waals surface area contributed by atoms with Crippen molar-refractivity contribution < 1.29 is 0 Å². The highest BCUT2D eigenvalue weighted by molar-refractivity contribution is 5.21. The van der Waals surface area contributed by atoms with Crippen LogP contribution in [0.5, 0.6) is 0 Å². The summed E-state index contributed by atoms with van der Waals surface area (Å²) in [7, 11) is 0. The largest absolute Gasteiger partial charge is 0.329 e. The van der Waals surface area contributed by atoms with Crippen molar-refractivity contribution in [2.75, 3.05) is 6.54 Å². The second kappa shape index (κ2) is 6.46. The lowest BCUT2D eigenvalue weighted by atomic mass is 9.55. The van der Waals surface area contributed by atoms with Crippen molar-refractivity contribution in [1.29, 1.82) is 0 Å². The van der Waals surface area contributed by atoms with Crippen LogP contribution in [0.3, 0.4) is 0 Å². The smallest absolute Gasteiger partial charge is 0.0389 e. The Labute approximate surface area is 140 Å². The van der Waals surface area contributed by atoms with E-state index >= 15 is 0 Å². The van der Waals surface area contributed by atoms with Gasteiger partial charge in [0.25, 0.3) is 0 Å². The molecule has 1 fully saturated rings. The van der Waals surface area contributed by atoms with E-state index in [0.717, 1.165) is 19.6 Å². The van der Waals surface area contributed by atoms with Crippen molar-refractivity contribution in [2.24, 2.45) is 11.1 Å². The fraction of sp³-hybridized carbons (Fsp3) is 0.429. The van der Waals surface area contributed by atoms with Gasteiger partial charge in [-0.15, -0.1) is 0 Å². The van der Waals surface area contributed by atoms with E-state index in [4.69, 9.17) is 5.73 Å². The minimum absolute atomic E-state index is 0.0959. The van der Waals surface area contributed by atoms with Crippen molar-refractivity contribution in [3.8, 4) is 0 Å². The first-order chi connectivity index (χ1) is 11.1. The van der Waals surface area contributed by atoms with Gasteiger partial charge in [-0.2, -0.15) is 0 Å². The van der Waals surface area contributed by atoms with Crippen LogP contribution in [0.1, 0.15) is 37.8 Å². The number of hydrogen-bond acceptors (Lipinski definition) is 2. The summed E-state index contributed by atoms with van der Waals surface area (Å²) in [6.07, 6.45) is 2.44. The van der Waals surface area contributed by atoms with Gasteiger partial charge in [-0.05, 0) is 29.4 Å². The second-order valence-electron chi connectivity index (χ2n) is 7.45. The van der Waals surface area contributed by atoms with E-state index < -0.39 is 0 Å². The van der Waals surface area contributed by atoms with Crippen molar-refractivity contribution in [1.82, 2.24) is 4.90 Å². The normalized spacial score (nSPS) is 22.8. The van der Waals surface area contributed by atoms with Gasteiger partial charge in [0.05, 0.1) is 0 Å². The number of hydrogen-bond donors (Lipinski definition) is 1. The maximum atomic E-state index is 6.31. The Morgan fingerprint density at radius 3 is 1.61 bits per heavy atom. The molecule has 2 heteroatoms. The van der Waals surface area contributed by atoms with Gasteiger partial charge in [-0.25, -0.2) is 0 Å². The summed E-state index contributed by atoms with van der Waals surface area (Å²) in [6, 6.07) is 21.5. The Kier molecular flexibility index (Phi) is 4.56. The molecule has 0 bridgehead atoms. The van der Waals surface area contributed by atoms with E-state index in [1.165, 1.54) is 24.0 Å². The molecule has 2 N–H and O–H groups in total. The minimum atomic E-state index is 0.0959. The van der Waals surface area contributed by atoms with Crippen LogP contribution in [0.4, 0.5) is 0 Å². The third kappa shape index (κ3) is 3.06. The molecule has 0 spiro atoms. The molecule has 1 aliphatic carbocycles. The third-order valence-corrected chi connectivity index (χ3v) is 5.80. The molecule has 23 heavy (non-hydrogen) atoms. The topological polar surface area (TPSA) is 29.3 Å². The first-order valence-corrected chi connectivity index (χ1v) is 8.60. The molecule has 122 valence electrons. The van der Waals surface area contributed by atoms with Crippen LogP contribution in [-0.4, -0.2) is 17.0 Å². The molecule has 2 nitrogen and oxygen atoms in total. The van der Waals surface area contributed by atoms with Crippen molar-refractivity contribution in [3.05, 3.63) is 71.8 Å². The summed E-state index contributed by atoms with van der Waals surface area (Å²) < 4.78 is 0. The highest BCUT2D eigenvalue weighted by Gasteiger charge is 2.55. The summed E-state index contributed by atoms with van der Waals surface area (Å²) in [4.78, 5) is 2.61. The standard InChI is InChI=1S/C21H28N2/c1-20(2)13-14-21(20,17-22)23(15-18-9-5-3-6-10-18)16-19-11-7-4-8-12-19/h3-12H,13-17,22H2,1-2H3. The first kappa shape index (κ1) is 16.2. The molecule has 0 aromatic heterocycles. The van der Waals surface area contributed by atoms with Crippen LogP contribution in [0.2, 0.25) is 0 Å². The fourth-order valence-corrected chi connectivity index (χ4v) is 3.97. The van der Waals surface area contributed by atoms with E-state index in [-0.39, 0.29) is 11.0 Å². The SMILES string of the molecule is CC1(C)CCC1(CN)N(Cc1ccccc1)Cc1ccccc1. The molecule has 1 aliphatic rings. The van der Waals surface area contributed by atoms with Gasteiger partial charge >= 0.3 is 0 Å².